The van der Waals surface area contributed by atoms with E-state index >= 15 is 0 Å². The molecular weight excluding hydrogens is 328 g/mol. The summed E-state index contributed by atoms with van der Waals surface area (Å²) in [5.41, 5.74) is 0. The number of hydrogen-bond donors (Lipinski definition) is 1. The second-order valence-corrected chi connectivity index (χ2v) is 7.40. The molecule has 0 spiro atoms. The summed E-state index contributed by atoms with van der Waals surface area (Å²) in [5.74, 6) is 0.137. The zero-order valence-corrected chi connectivity index (χ0v) is 14.9. The first-order chi connectivity index (χ1) is 11.2. The molecule has 0 aliphatic heterocycles. The second kappa shape index (κ2) is 9.47. The lowest BCUT2D eigenvalue weighted by atomic mass is 10.1. The monoisotopic (exact) mass is 350 g/mol. The Balaban J connectivity index is 1.97. The van der Waals surface area contributed by atoms with Gasteiger partial charge in [0.15, 0.2) is 0 Å². The fraction of sp³-hybridized carbons (Fsp3) is 0.412. The van der Waals surface area contributed by atoms with E-state index in [2.05, 4.69) is 17.4 Å². The lowest BCUT2D eigenvalue weighted by Crippen LogP contribution is -2.32. The molecule has 0 radical (unpaired) electrons. The molecule has 2 aromatic heterocycles. The quantitative estimate of drug-likeness (QED) is 0.665. The topological polar surface area (TPSA) is 49.4 Å². The van der Waals surface area contributed by atoms with Gasteiger partial charge in [0.25, 0.3) is 0 Å². The zero-order valence-electron chi connectivity index (χ0n) is 13.2. The smallest absolute Gasteiger partial charge is 0.223 e. The van der Waals surface area contributed by atoms with E-state index in [0.717, 1.165) is 6.42 Å². The maximum Gasteiger partial charge on any atom is 0.223 e. The first-order valence-electron chi connectivity index (χ1n) is 7.75. The van der Waals surface area contributed by atoms with Crippen LogP contribution in [0.5, 0.6) is 0 Å². The number of amides is 2. The Labute approximate surface area is 145 Å². The van der Waals surface area contributed by atoms with Crippen LogP contribution in [0.25, 0.3) is 0 Å². The van der Waals surface area contributed by atoms with E-state index in [4.69, 9.17) is 0 Å². The number of thiophene rings is 2. The molecule has 2 aromatic rings. The van der Waals surface area contributed by atoms with Gasteiger partial charge in [-0.15, -0.1) is 22.7 Å². The lowest BCUT2D eigenvalue weighted by Gasteiger charge is -2.23. The summed E-state index contributed by atoms with van der Waals surface area (Å²) < 4.78 is 0. The summed E-state index contributed by atoms with van der Waals surface area (Å²) in [4.78, 5) is 27.5. The Bertz CT molecular complexity index is 546. The van der Waals surface area contributed by atoms with Gasteiger partial charge in [0, 0.05) is 22.2 Å². The van der Waals surface area contributed by atoms with Crippen molar-refractivity contribution in [3.63, 3.8) is 0 Å². The van der Waals surface area contributed by atoms with Crippen LogP contribution in [0.1, 0.15) is 35.9 Å². The number of carbonyl (C=O) groups excluding carboxylic acids is 2. The van der Waals surface area contributed by atoms with Crippen molar-refractivity contribution in [2.45, 2.75) is 45.3 Å². The minimum absolute atomic E-state index is 0.0711. The summed E-state index contributed by atoms with van der Waals surface area (Å²) in [7, 11) is 0. The van der Waals surface area contributed by atoms with Gasteiger partial charge >= 0.3 is 0 Å². The Hall–Kier alpha value is -1.66. The highest BCUT2D eigenvalue weighted by molar-refractivity contribution is 7.10. The minimum atomic E-state index is 0.0711. The molecule has 2 heterocycles. The van der Waals surface area contributed by atoms with Gasteiger partial charge < -0.3 is 10.2 Å². The molecule has 2 rings (SSSR count). The molecule has 1 N–H and O–H groups in total. The van der Waals surface area contributed by atoms with Crippen LogP contribution in [0.15, 0.2) is 35.0 Å². The zero-order chi connectivity index (χ0) is 16.5. The molecule has 0 bridgehead atoms. The molecule has 0 saturated carbocycles. The van der Waals surface area contributed by atoms with Gasteiger partial charge in [-0.2, -0.15) is 0 Å². The van der Waals surface area contributed by atoms with Crippen LogP contribution in [0, 0.1) is 0 Å². The highest BCUT2D eigenvalue weighted by Crippen LogP contribution is 2.18. The van der Waals surface area contributed by atoms with Crippen LogP contribution >= 0.6 is 22.7 Å². The van der Waals surface area contributed by atoms with Gasteiger partial charge in [-0.05, 0) is 35.7 Å². The van der Waals surface area contributed by atoms with Gasteiger partial charge in [-0.1, -0.05) is 19.1 Å². The van der Waals surface area contributed by atoms with E-state index < -0.39 is 0 Å². The first-order valence-corrected chi connectivity index (χ1v) is 9.51. The van der Waals surface area contributed by atoms with Crippen LogP contribution in [0.2, 0.25) is 0 Å². The predicted octanol–water partition coefficient (Wildman–Crippen LogP) is 3.64. The van der Waals surface area contributed by atoms with Crippen molar-refractivity contribution in [3.8, 4) is 0 Å². The van der Waals surface area contributed by atoms with E-state index in [9.17, 15) is 9.59 Å². The van der Waals surface area contributed by atoms with Crippen molar-refractivity contribution in [1.29, 1.82) is 0 Å². The normalized spacial score (nSPS) is 11.9. The summed E-state index contributed by atoms with van der Waals surface area (Å²) in [6.45, 7) is 3.30. The fourth-order valence-corrected chi connectivity index (χ4v) is 3.81. The average Bonchev–Trinajstić information content (AvgIpc) is 3.24. The third-order valence-corrected chi connectivity index (χ3v) is 5.43. The van der Waals surface area contributed by atoms with E-state index in [1.807, 2.05) is 34.7 Å². The van der Waals surface area contributed by atoms with Crippen molar-refractivity contribution in [1.82, 2.24) is 10.2 Å². The summed E-state index contributed by atoms with van der Waals surface area (Å²) in [6.07, 6.45) is 2.69. The first kappa shape index (κ1) is 17.7. The number of nitrogens with one attached hydrogen (secondary N) is 1. The largest absolute Gasteiger partial charge is 0.356 e. The summed E-state index contributed by atoms with van der Waals surface area (Å²) in [5, 5.41) is 6.83. The third-order valence-electron chi connectivity index (χ3n) is 3.71. The van der Waals surface area contributed by atoms with Crippen molar-refractivity contribution in [3.05, 3.63) is 44.8 Å². The van der Waals surface area contributed by atoms with E-state index in [1.165, 1.54) is 9.75 Å². The molecular formula is C17H22N2O2S2. The van der Waals surface area contributed by atoms with Crippen molar-refractivity contribution in [2.75, 3.05) is 0 Å². The van der Waals surface area contributed by atoms with E-state index in [-0.39, 0.29) is 11.9 Å². The standard InChI is InChI=1S/C17H22N2O2S2/c1-2-14(18-13-20)7-8-17(21)19(11-15-5-3-9-22-15)12-16-6-4-10-23-16/h3-6,9-10,13-14H,2,7-8,11-12H2,1H3,(H,18,20). The Morgan fingerprint density at radius 2 is 1.83 bits per heavy atom. The maximum absolute atomic E-state index is 12.6. The van der Waals surface area contributed by atoms with Gasteiger partial charge in [0.05, 0.1) is 13.1 Å². The van der Waals surface area contributed by atoms with Crippen LogP contribution < -0.4 is 5.32 Å². The molecule has 23 heavy (non-hydrogen) atoms. The van der Waals surface area contributed by atoms with Crippen LogP contribution in [0.4, 0.5) is 0 Å². The Morgan fingerprint density at radius 3 is 2.26 bits per heavy atom. The molecule has 4 nitrogen and oxygen atoms in total. The number of carbonyl (C=O) groups is 2. The van der Waals surface area contributed by atoms with Crippen LogP contribution in [-0.4, -0.2) is 23.3 Å². The van der Waals surface area contributed by atoms with Crippen LogP contribution in [0.3, 0.4) is 0 Å². The highest BCUT2D eigenvalue weighted by Gasteiger charge is 2.17. The van der Waals surface area contributed by atoms with Gasteiger partial charge in [0.2, 0.25) is 12.3 Å². The Kier molecular flexibility index (Phi) is 7.29. The molecule has 1 atom stereocenters. The SMILES string of the molecule is CCC(CCC(=O)N(Cc1cccs1)Cc1cccs1)NC=O. The van der Waals surface area contributed by atoms with Crippen molar-refractivity contribution in [2.24, 2.45) is 0 Å². The maximum atomic E-state index is 12.6. The van der Waals surface area contributed by atoms with E-state index in [0.29, 0.717) is 32.3 Å². The summed E-state index contributed by atoms with van der Waals surface area (Å²) >= 11 is 3.34. The highest BCUT2D eigenvalue weighted by atomic mass is 32.1. The molecule has 2 amide bonds. The van der Waals surface area contributed by atoms with E-state index in [1.54, 1.807) is 22.7 Å². The number of hydrogen-bond acceptors (Lipinski definition) is 4. The molecule has 1 unspecified atom stereocenters. The fourth-order valence-electron chi connectivity index (χ4n) is 2.37. The molecule has 0 aromatic carbocycles. The molecule has 0 aliphatic rings. The molecule has 0 saturated heterocycles. The molecule has 0 fully saturated rings. The predicted molar refractivity (Wildman–Crippen MR) is 95.4 cm³/mol. The van der Waals surface area contributed by atoms with Gasteiger partial charge in [0.1, 0.15) is 0 Å². The molecule has 124 valence electrons. The van der Waals surface area contributed by atoms with Crippen molar-refractivity contribution >= 4 is 35.0 Å². The van der Waals surface area contributed by atoms with Crippen molar-refractivity contribution < 1.29 is 9.59 Å². The average molecular weight is 351 g/mol. The number of nitrogens with zero attached hydrogens (tertiary/aromatic N) is 1. The molecule has 6 heteroatoms. The summed E-state index contributed by atoms with van der Waals surface area (Å²) in [6, 6.07) is 8.20. The van der Waals surface area contributed by atoms with Gasteiger partial charge in [-0.3, -0.25) is 9.59 Å². The minimum Gasteiger partial charge on any atom is -0.356 e. The third kappa shape index (κ3) is 5.80. The molecule has 0 aliphatic carbocycles. The van der Waals surface area contributed by atoms with Crippen LogP contribution in [-0.2, 0) is 22.7 Å². The number of rotatable bonds is 10. The van der Waals surface area contributed by atoms with Gasteiger partial charge in [-0.25, -0.2) is 0 Å². The second-order valence-electron chi connectivity index (χ2n) is 5.34. The lowest BCUT2D eigenvalue weighted by molar-refractivity contribution is -0.132. The Morgan fingerprint density at radius 1 is 1.22 bits per heavy atom.